The molecule has 17 heavy (non-hydrogen) atoms. The molecule has 0 aliphatic rings. The van der Waals surface area contributed by atoms with Crippen molar-refractivity contribution < 1.29 is 9.18 Å². The molecule has 0 atom stereocenters. The van der Waals surface area contributed by atoms with E-state index in [4.69, 9.17) is 11.6 Å². The summed E-state index contributed by atoms with van der Waals surface area (Å²) in [4.78, 5) is 18.2. The molecule has 8 nitrogen and oxygen atoms in total. The van der Waals surface area contributed by atoms with Crippen LogP contribution in [-0.4, -0.2) is 25.7 Å². The zero-order valence-corrected chi connectivity index (χ0v) is 8.46. The third-order valence-electron chi connectivity index (χ3n) is 1.94. The van der Waals surface area contributed by atoms with E-state index in [1.807, 2.05) is 0 Å². The zero-order valence-electron chi connectivity index (χ0n) is 8.46. The van der Waals surface area contributed by atoms with E-state index in [0.29, 0.717) is 0 Å². The molecule has 0 aromatic carbocycles. The van der Waals surface area contributed by atoms with Crippen LogP contribution in [0.25, 0.3) is 5.82 Å². The van der Waals surface area contributed by atoms with Crippen molar-refractivity contribution in [3.63, 3.8) is 0 Å². The maximum atomic E-state index is 13.4. The first-order chi connectivity index (χ1) is 8.11. The zero-order chi connectivity index (χ0) is 12.4. The summed E-state index contributed by atoms with van der Waals surface area (Å²) in [6, 6.07) is 0. The van der Waals surface area contributed by atoms with Crippen molar-refractivity contribution in [3.8, 4) is 5.82 Å². The summed E-state index contributed by atoms with van der Waals surface area (Å²) in [6.07, 6.45) is 3.40. The second kappa shape index (κ2) is 4.14. The van der Waals surface area contributed by atoms with Crippen LogP contribution in [-0.2, 0) is 0 Å². The minimum atomic E-state index is -0.705. The van der Waals surface area contributed by atoms with Gasteiger partial charge in [0, 0.05) is 6.20 Å². The summed E-state index contributed by atoms with van der Waals surface area (Å²) in [5.41, 5.74) is 7.36. The van der Waals surface area contributed by atoms with E-state index in [0.717, 1.165) is 10.9 Å². The molecule has 9 heteroatoms. The Balaban J connectivity index is 2.47. The fraction of sp³-hybridized carbons (Fsp3) is 0. The molecule has 0 aliphatic carbocycles. The average molecular weight is 237 g/mol. The van der Waals surface area contributed by atoms with Gasteiger partial charge in [-0.25, -0.2) is 19.9 Å². The van der Waals surface area contributed by atoms with Gasteiger partial charge in [0.25, 0.3) is 5.91 Å². The van der Waals surface area contributed by atoms with E-state index in [-0.39, 0.29) is 17.3 Å². The third-order valence-corrected chi connectivity index (χ3v) is 1.94. The molecule has 0 aliphatic heterocycles. The molecule has 2 aromatic heterocycles. The topological polar surface area (TPSA) is 125 Å². The number of hydrogen-bond donors (Lipinski definition) is 3. The van der Waals surface area contributed by atoms with Crippen molar-refractivity contribution in [1.82, 2.24) is 19.7 Å². The number of carbonyl (C=O) groups is 1. The number of primary amides is 1. The van der Waals surface area contributed by atoms with Gasteiger partial charge in [0.05, 0.1) is 18.0 Å². The summed E-state index contributed by atoms with van der Waals surface area (Å²) in [5.74, 6) is 3.62. The molecule has 2 rings (SSSR count). The van der Waals surface area contributed by atoms with Gasteiger partial charge < -0.3 is 5.73 Å². The van der Waals surface area contributed by atoms with Crippen LogP contribution in [0, 0.1) is 5.82 Å². The highest BCUT2D eigenvalue weighted by atomic mass is 19.1. The fourth-order valence-corrected chi connectivity index (χ4v) is 1.15. The quantitative estimate of drug-likeness (QED) is 0.473. The van der Waals surface area contributed by atoms with Gasteiger partial charge in [-0.05, 0) is 0 Å². The maximum absolute atomic E-state index is 13.4. The summed E-state index contributed by atoms with van der Waals surface area (Å²) in [6.45, 7) is 0. The van der Waals surface area contributed by atoms with Gasteiger partial charge in [-0.15, -0.1) is 0 Å². The van der Waals surface area contributed by atoms with Gasteiger partial charge in [0.1, 0.15) is 0 Å². The van der Waals surface area contributed by atoms with Crippen LogP contribution in [0.15, 0.2) is 18.6 Å². The summed E-state index contributed by atoms with van der Waals surface area (Å²) < 4.78 is 14.5. The van der Waals surface area contributed by atoms with Crippen molar-refractivity contribution in [2.75, 3.05) is 5.43 Å². The van der Waals surface area contributed by atoms with E-state index in [1.54, 1.807) is 0 Å². The largest absolute Gasteiger partial charge is 0.366 e. The second-order valence-corrected chi connectivity index (χ2v) is 3.05. The molecule has 0 fully saturated rings. The van der Waals surface area contributed by atoms with E-state index < -0.39 is 11.7 Å². The first-order valence-electron chi connectivity index (χ1n) is 4.46. The minimum Gasteiger partial charge on any atom is -0.366 e. The van der Waals surface area contributed by atoms with Crippen LogP contribution in [0.5, 0.6) is 0 Å². The number of hydrazine groups is 1. The maximum Gasteiger partial charge on any atom is 0.251 e. The Kier molecular flexibility index (Phi) is 2.66. The molecule has 0 saturated carbocycles. The molecular weight excluding hydrogens is 229 g/mol. The van der Waals surface area contributed by atoms with E-state index >= 15 is 0 Å². The standard InChI is InChI=1S/C8H8FN7O/c9-5-2-12-8(15-11)14-7(5)16-3-4(1-13-16)6(10)17/h1-3H,11H2,(H2,10,17)(H,12,14,15). The van der Waals surface area contributed by atoms with E-state index in [1.165, 1.54) is 12.4 Å². The van der Waals surface area contributed by atoms with Gasteiger partial charge in [0.15, 0.2) is 11.6 Å². The van der Waals surface area contributed by atoms with Crippen LogP contribution in [0.4, 0.5) is 10.3 Å². The molecular formula is C8H8FN7O. The number of halogens is 1. The van der Waals surface area contributed by atoms with Gasteiger partial charge in [-0.3, -0.25) is 10.2 Å². The fourth-order valence-electron chi connectivity index (χ4n) is 1.15. The molecule has 0 radical (unpaired) electrons. The number of anilines is 1. The lowest BCUT2D eigenvalue weighted by Gasteiger charge is -2.03. The number of hydrogen-bond acceptors (Lipinski definition) is 6. The molecule has 2 aromatic rings. The Bertz CT molecular complexity index is 567. The number of nitrogens with two attached hydrogens (primary N) is 2. The monoisotopic (exact) mass is 237 g/mol. The Labute approximate surface area is 94.4 Å². The molecule has 1 amide bonds. The van der Waals surface area contributed by atoms with Crippen molar-refractivity contribution in [1.29, 1.82) is 0 Å². The summed E-state index contributed by atoms with van der Waals surface area (Å²) >= 11 is 0. The molecule has 0 bridgehead atoms. The van der Waals surface area contributed by atoms with Crippen LogP contribution < -0.4 is 17.0 Å². The first kappa shape index (κ1) is 11.0. The lowest BCUT2D eigenvalue weighted by atomic mass is 10.3. The van der Waals surface area contributed by atoms with Crippen molar-refractivity contribution >= 4 is 11.9 Å². The number of nitrogens with zero attached hydrogens (tertiary/aromatic N) is 4. The van der Waals surface area contributed by atoms with Crippen molar-refractivity contribution in [2.24, 2.45) is 11.6 Å². The molecule has 0 unspecified atom stereocenters. The highest BCUT2D eigenvalue weighted by Crippen LogP contribution is 2.11. The molecule has 88 valence electrons. The van der Waals surface area contributed by atoms with Crippen molar-refractivity contribution in [2.45, 2.75) is 0 Å². The Morgan fingerprint density at radius 3 is 2.82 bits per heavy atom. The predicted molar refractivity (Wildman–Crippen MR) is 55.4 cm³/mol. The van der Waals surface area contributed by atoms with Crippen molar-refractivity contribution in [3.05, 3.63) is 30.0 Å². The highest BCUT2D eigenvalue weighted by Gasteiger charge is 2.11. The molecule has 2 heterocycles. The normalized spacial score (nSPS) is 10.2. The second-order valence-electron chi connectivity index (χ2n) is 3.05. The number of amides is 1. The van der Waals surface area contributed by atoms with E-state index in [9.17, 15) is 9.18 Å². The number of nitrogens with one attached hydrogen (secondary N) is 1. The number of rotatable bonds is 3. The van der Waals surface area contributed by atoms with Crippen LogP contribution in [0.3, 0.4) is 0 Å². The van der Waals surface area contributed by atoms with Crippen LogP contribution in [0.1, 0.15) is 10.4 Å². The van der Waals surface area contributed by atoms with E-state index in [2.05, 4.69) is 20.5 Å². The molecule has 0 spiro atoms. The lowest BCUT2D eigenvalue weighted by Crippen LogP contribution is -2.13. The first-order valence-corrected chi connectivity index (χ1v) is 4.46. The highest BCUT2D eigenvalue weighted by molar-refractivity contribution is 5.92. The molecule has 5 N–H and O–H groups in total. The van der Waals surface area contributed by atoms with Crippen LogP contribution in [0.2, 0.25) is 0 Å². The Morgan fingerprint density at radius 1 is 1.47 bits per heavy atom. The van der Waals surface area contributed by atoms with Gasteiger partial charge in [-0.1, -0.05) is 0 Å². The minimum absolute atomic E-state index is 0.0255. The predicted octanol–water partition coefficient (Wildman–Crippen LogP) is -0.814. The number of carbonyl (C=O) groups excluding carboxylic acids is 1. The summed E-state index contributed by atoms with van der Waals surface area (Å²) in [5, 5.41) is 3.76. The Morgan fingerprint density at radius 2 is 2.24 bits per heavy atom. The summed E-state index contributed by atoms with van der Waals surface area (Å²) in [7, 11) is 0. The SMILES string of the molecule is NNc1ncc(F)c(-n2cc(C(N)=O)cn2)n1. The van der Waals surface area contributed by atoms with Gasteiger partial charge >= 0.3 is 0 Å². The Hall–Kier alpha value is -2.55. The molecule has 0 saturated heterocycles. The number of aromatic nitrogens is 4. The van der Waals surface area contributed by atoms with Gasteiger partial charge in [-0.2, -0.15) is 10.1 Å². The van der Waals surface area contributed by atoms with Crippen LogP contribution >= 0.6 is 0 Å². The average Bonchev–Trinajstić information content (AvgIpc) is 2.79. The lowest BCUT2D eigenvalue weighted by molar-refractivity contribution is 0.100. The number of nitrogen functional groups attached to an aromatic ring is 1. The smallest absolute Gasteiger partial charge is 0.251 e. The van der Waals surface area contributed by atoms with Gasteiger partial charge in [0.2, 0.25) is 5.95 Å². The third kappa shape index (κ3) is 2.03.